The largest absolute Gasteiger partial charge is 0.380 e. The number of benzene rings is 2. The predicted molar refractivity (Wildman–Crippen MR) is 126 cm³/mol. The van der Waals surface area contributed by atoms with Gasteiger partial charge in [0, 0.05) is 24.3 Å². The molecule has 0 bridgehead atoms. The maximum atomic E-state index is 13.6. The molecule has 2 N–H and O–H groups in total. The number of aryl methyl sites for hydroxylation is 1. The zero-order valence-corrected chi connectivity index (χ0v) is 18.9. The minimum atomic E-state index is -1.25. The van der Waals surface area contributed by atoms with E-state index in [1.165, 1.54) is 17.7 Å². The Morgan fingerprint density at radius 3 is 2.42 bits per heavy atom. The van der Waals surface area contributed by atoms with E-state index in [4.69, 9.17) is 4.98 Å². The highest BCUT2D eigenvalue weighted by atomic mass is 19.1. The van der Waals surface area contributed by atoms with Crippen LogP contribution in [0.5, 0.6) is 0 Å². The number of carbonyl (C=O) groups excluding carboxylic acids is 1. The number of nitrogens with one attached hydrogen (secondary N) is 1. The topological polar surface area (TPSA) is 70.4 Å². The highest BCUT2D eigenvalue weighted by molar-refractivity contribution is 5.85. The second-order valence-electron chi connectivity index (χ2n) is 9.19. The molecule has 2 aliphatic rings. The van der Waals surface area contributed by atoms with Crippen LogP contribution in [0.4, 0.5) is 15.9 Å². The van der Waals surface area contributed by atoms with Crippen molar-refractivity contribution in [3.8, 4) is 11.3 Å². The molecule has 2 aromatic carbocycles. The molecule has 0 saturated heterocycles. The van der Waals surface area contributed by atoms with Crippen LogP contribution in [0.25, 0.3) is 11.3 Å². The number of carbonyl (C=O) groups is 1. The molecular weight excluding hydrogens is 419 g/mol. The summed E-state index contributed by atoms with van der Waals surface area (Å²) in [4.78, 5) is 19.8. The van der Waals surface area contributed by atoms with Gasteiger partial charge in [0.05, 0.1) is 6.54 Å². The van der Waals surface area contributed by atoms with Crippen molar-refractivity contribution in [2.45, 2.75) is 57.7 Å². The summed E-state index contributed by atoms with van der Waals surface area (Å²) in [6, 6.07) is 14.4. The molecule has 0 unspecified atom stereocenters. The van der Waals surface area contributed by atoms with Crippen LogP contribution in [-0.4, -0.2) is 37.6 Å². The number of hydrogen-bond acceptors (Lipinski definition) is 4. The average molecular weight is 449 g/mol. The fourth-order valence-corrected chi connectivity index (χ4v) is 4.86. The number of nitrogens with zero attached hydrogens (tertiary/aromatic N) is 3. The van der Waals surface area contributed by atoms with E-state index < -0.39 is 5.60 Å². The second kappa shape index (κ2) is 8.63. The van der Waals surface area contributed by atoms with E-state index in [1.54, 1.807) is 17.0 Å². The van der Waals surface area contributed by atoms with Crippen molar-refractivity contribution < 1.29 is 14.3 Å². The number of aromatic nitrogens is 2. The lowest BCUT2D eigenvalue weighted by Gasteiger charge is -2.37. The first-order chi connectivity index (χ1) is 15.9. The standard InChI is InChI=1S/C26H29FN4O2/c1-18-5-11-21(12-6-18)28-24-23(19-7-9-20(27)10-8-19)29-22-17-30(15-16-31(22)24)25(32)26(33)13-3-2-4-14-26/h5-12,28,33H,2-4,13-17H2,1H3. The summed E-state index contributed by atoms with van der Waals surface area (Å²) in [7, 11) is 0. The van der Waals surface area contributed by atoms with Crippen molar-refractivity contribution in [3.63, 3.8) is 0 Å². The summed E-state index contributed by atoms with van der Waals surface area (Å²) in [6.45, 7) is 3.46. The third kappa shape index (κ3) is 4.25. The molecule has 172 valence electrons. The normalized spacial score (nSPS) is 17.5. The van der Waals surface area contributed by atoms with Crippen LogP contribution in [0, 0.1) is 12.7 Å². The van der Waals surface area contributed by atoms with Gasteiger partial charge in [0.2, 0.25) is 0 Å². The maximum Gasteiger partial charge on any atom is 0.254 e. The SMILES string of the molecule is Cc1ccc(Nc2c(-c3ccc(F)cc3)nc3n2CCN(C(=O)C2(O)CCCCC2)C3)cc1. The number of hydrogen-bond donors (Lipinski definition) is 2. The lowest BCUT2D eigenvalue weighted by Crippen LogP contribution is -2.52. The first-order valence-corrected chi connectivity index (χ1v) is 11.6. The van der Waals surface area contributed by atoms with E-state index in [-0.39, 0.29) is 11.7 Å². The van der Waals surface area contributed by atoms with Gasteiger partial charge >= 0.3 is 0 Å². The Morgan fingerprint density at radius 2 is 1.73 bits per heavy atom. The summed E-state index contributed by atoms with van der Waals surface area (Å²) in [5, 5.41) is 14.4. The van der Waals surface area contributed by atoms with Crippen LogP contribution >= 0.6 is 0 Å². The van der Waals surface area contributed by atoms with Gasteiger partial charge < -0.3 is 19.9 Å². The fourth-order valence-electron chi connectivity index (χ4n) is 4.86. The van der Waals surface area contributed by atoms with Crippen molar-refractivity contribution in [2.75, 3.05) is 11.9 Å². The smallest absolute Gasteiger partial charge is 0.254 e. The van der Waals surface area contributed by atoms with Crippen LogP contribution in [0.3, 0.4) is 0 Å². The molecule has 7 heteroatoms. The minimum Gasteiger partial charge on any atom is -0.380 e. The molecule has 1 fully saturated rings. The Balaban J connectivity index is 1.48. The van der Waals surface area contributed by atoms with Crippen LogP contribution in [-0.2, 0) is 17.9 Å². The summed E-state index contributed by atoms with van der Waals surface area (Å²) >= 11 is 0. The van der Waals surface area contributed by atoms with Crippen LogP contribution in [0.1, 0.15) is 43.5 Å². The molecule has 0 atom stereocenters. The average Bonchev–Trinajstić information content (AvgIpc) is 3.18. The van der Waals surface area contributed by atoms with Gasteiger partial charge in [0.15, 0.2) is 0 Å². The Bertz CT molecular complexity index is 1150. The van der Waals surface area contributed by atoms with Gasteiger partial charge in [-0.15, -0.1) is 0 Å². The summed E-state index contributed by atoms with van der Waals surface area (Å²) in [5.41, 5.74) is 2.37. The zero-order chi connectivity index (χ0) is 23.0. The van der Waals surface area contributed by atoms with E-state index in [0.717, 1.165) is 47.8 Å². The third-order valence-corrected chi connectivity index (χ3v) is 6.77. The van der Waals surface area contributed by atoms with Crippen LogP contribution in [0.15, 0.2) is 48.5 Å². The third-order valence-electron chi connectivity index (χ3n) is 6.77. The zero-order valence-electron chi connectivity index (χ0n) is 18.9. The quantitative estimate of drug-likeness (QED) is 0.603. The molecule has 1 aromatic heterocycles. The van der Waals surface area contributed by atoms with E-state index in [9.17, 15) is 14.3 Å². The van der Waals surface area contributed by atoms with Crippen molar-refractivity contribution in [3.05, 3.63) is 65.7 Å². The lowest BCUT2D eigenvalue weighted by atomic mass is 9.83. The highest BCUT2D eigenvalue weighted by Gasteiger charge is 2.41. The lowest BCUT2D eigenvalue weighted by molar-refractivity contribution is -0.156. The van der Waals surface area contributed by atoms with Gasteiger partial charge in [-0.3, -0.25) is 4.79 Å². The van der Waals surface area contributed by atoms with Gasteiger partial charge in [-0.05, 0) is 56.2 Å². The van der Waals surface area contributed by atoms with Crippen molar-refractivity contribution >= 4 is 17.4 Å². The molecule has 5 rings (SSSR count). The predicted octanol–water partition coefficient (Wildman–Crippen LogP) is 4.78. The van der Waals surface area contributed by atoms with E-state index in [1.807, 2.05) is 31.2 Å². The van der Waals surface area contributed by atoms with Gasteiger partial charge in [0.25, 0.3) is 5.91 Å². The van der Waals surface area contributed by atoms with E-state index in [2.05, 4.69) is 9.88 Å². The fraction of sp³-hybridized carbons (Fsp3) is 0.385. The molecule has 1 aliphatic heterocycles. The van der Waals surface area contributed by atoms with Crippen molar-refractivity contribution in [2.24, 2.45) is 0 Å². The monoisotopic (exact) mass is 448 g/mol. The molecule has 2 heterocycles. The molecule has 1 saturated carbocycles. The Labute approximate surface area is 193 Å². The molecule has 1 amide bonds. The molecule has 0 radical (unpaired) electrons. The number of aliphatic hydroxyl groups is 1. The Hall–Kier alpha value is -3.19. The van der Waals surface area contributed by atoms with Gasteiger partial charge in [-0.1, -0.05) is 37.0 Å². The molecule has 0 spiro atoms. The molecule has 33 heavy (non-hydrogen) atoms. The van der Waals surface area contributed by atoms with Gasteiger partial charge in [-0.2, -0.15) is 0 Å². The first-order valence-electron chi connectivity index (χ1n) is 11.6. The van der Waals surface area contributed by atoms with Gasteiger partial charge in [-0.25, -0.2) is 9.37 Å². The van der Waals surface area contributed by atoms with Crippen molar-refractivity contribution in [1.29, 1.82) is 0 Å². The van der Waals surface area contributed by atoms with Crippen molar-refractivity contribution in [1.82, 2.24) is 14.5 Å². The second-order valence-corrected chi connectivity index (χ2v) is 9.19. The number of anilines is 2. The molecule has 3 aromatic rings. The molecular formula is C26H29FN4O2. The van der Waals surface area contributed by atoms with Crippen LogP contribution < -0.4 is 5.32 Å². The number of amides is 1. The summed E-state index contributed by atoms with van der Waals surface area (Å²) < 4.78 is 15.6. The number of halogens is 1. The highest BCUT2D eigenvalue weighted by Crippen LogP contribution is 2.35. The minimum absolute atomic E-state index is 0.187. The number of imidazole rings is 1. The Kier molecular flexibility index (Phi) is 5.66. The Morgan fingerprint density at radius 1 is 1.03 bits per heavy atom. The summed E-state index contributed by atoms with van der Waals surface area (Å²) in [5.74, 6) is 1.09. The first kappa shape index (κ1) is 21.6. The molecule has 1 aliphatic carbocycles. The maximum absolute atomic E-state index is 13.6. The molecule has 6 nitrogen and oxygen atoms in total. The number of fused-ring (bicyclic) bond motifs is 1. The summed E-state index contributed by atoms with van der Waals surface area (Å²) in [6.07, 6.45) is 3.87. The van der Waals surface area contributed by atoms with E-state index >= 15 is 0 Å². The van der Waals surface area contributed by atoms with Crippen LogP contribution in [0.2, 0.25) is 0 Å². The van der Waals surface area contributed by atoms with E-state index in [0.29, 0.717) is 32.5 Å². The van der Waals surface area contributed by atoms with Gasteiger partial charge in [0.1, 0.15) is 28.8 Å². The number of rotatable bonds is 4.